The van der Waals surface area contributed by atoms with E-state index in [1.54, 1.807) is 34.6 Å². The standard InChI is InChI=1S/C13H13ClN6S/c1-19(6-4-10-3-2-8-21-10)12-16-11(14)17-13(18-12)20-7-5-15-9-20/h2-3,5,7-9H,4,6H2,1H3. The lowest BCUT2D eigenvalue weighted by atomic mass is 10.3. The Hall–Kier alpha value is -1.99. The fraction of sp³-hybridized carbons (Fsp3) is 0.231. The van der Waals surface area contributed by atoms with Crippen LogP contribution in [0.5, 0.6) is 0 Å². The van der Waals surface area contributed by atoms with E-state index in [4.69, 9.17) is 11.6 Å². The van der Waals surface area contributed by atoms with Crippen molar-refractivity contribution in [2.45, 2.75) is 6.42 Å². The molecule has 0 aromatic carbocycles. The molecule has 0 aliphatic heterocycles. The summed E-state index contributed by atoms with van der Waals surface area (Å²) >= 11 is 7.74. The number of likely N-dealkylation sites (N-methyl/N-ethyl adjacent to an activating group) is 1. The summed E-state index contributed by atoms with van der Waals surface area (Å²) in [5.74, 6) is 1.01. The van der Waals surface area contributed by atoms with Gasteiger partial charge in [-0.1, -0.05) is 6.07 Å². The zero-order valence-electron chi connectivity index (χ0n) is 11.3. The number of thiophene rings is 1. The molecule has 0 saturated carbocycles. The van der Waals surface area contributed by atoms with Crippen molar-refractivity contribution in [2.24, 2.45) is 0 Å². The molecule has 0 amide bonds. The van der Waals surface area contributed by atoms with Crippen LogP contribution in [0.3, 0.4) is 0 Å². The molecule has 21 heavy (non-hydrogen) atoms. The van der Waals surface area contributed by atoms with Gasteiger partial charge in [-0.05, 0) is 29.5 Å². The largest absolute Gasteiger partial charge is 0.343 e. The molecule has 0 bridgehead atoms. The first-order chi connectivity index (χ1) is 10.2. The Balaban J connectivity index is 1.78. The first-order valence-corrected chi connectivity index (χ1v) is 7.61. The number of nitrogens with zero attached hydrogens (tertiary/aromatic N) is 6. The van der Waals surface area contributed by atoms with E-state index in [0.717, 1.165) is 13.0 Å². The van der Waals surface area contributed by atoms with Gasteiger partial charge in [0.2, 0.25) is 17.2 Å². The maximum Gasteiger partial charge on any atom is 0.241 e. The lowest BCUT2D eigenvalue weighted by Crippen LogP contribution is -2.23. The Morgan fingerprint density at radius 3 is 2.95 bits per heavy atom. The summed E-state index contributed by atoms with van der Waals surface area (Å²) in [5, 5.41) is 2.25. The highest BCUT2D eigenvalue weighted by Crippen LogP contribution is 2.14. The minimum absolute atomic E-state index is 0.173. The summed E-state index contributed by atoms with van der Waals surface area (Å²) in [7, 11) is 1.94. The predicted octanol–water partition coefficient (Wildman–Crippen LogP) is 2.45. The van der Waals surface area contributed by atoms with Gasteiger partial charge in [0.15, 0.2) is 0 Å². The van der Waals surface area contributed by atoms with E-state index in [1.165, 1.54) is 4.88 Å². The fourth-order valence-electron chi connectivity index (χ4n) is 1.83. The third-order valence-corrected chi connectivity index (χ3v) is 4.04. The Morgan fingerprint density at radius 2 is 2.24 bits per heavy atom. The Labute approximate surface area is 131 Å². The summed E-state index contributed by atoms with van der Waals surface area (Å²) in [5.41, 5.74) is 0. The van der Waals surface area contributed by atoms with Gasteiger partial charge in [0.1, 0.15) is 6.33 Å². The molecule has 0 saturated heterocycles. The molecular weight excluding hydrogens is 308 g/mol. The molecule has 0 radical (unpaired) electrons. The zero-order valence-corrected chi connectivity index (χ0v) is 12.9. The third-order valence-electron chi connectivity index (χ3n) is 2.93. The van der Waals surface area contributed by atoms with E-state index in [-0.39, 0.29) is 5.28 Å². The van der Waals surface area contributed by atoms with Crippen LogP contribution in [0.1, 0.15) is 4.88 Å². The van der Waals surface area contributed by atoms with Gasteiger partial charge >= 0.3 is 0 Å². The maximum atomic E-state index is 5.99. The lowest BCUT2D eigenvalue weighted by Gasteiger charge is -2.17. The molecule has 3 heterocycles. The zero-order chi connectivity index (χ0) is 14.7. The fourth-order valence-corrected chi connectivity index (χ4v) is 2.68. The highest BCUT2D eigenvalue weighted by Gasteiger charge is 2.10. The minimum Gasteiger partial charge on any atom is -0.343 e. The van der Waals surface area contributed by atoms with E-state index in [9.17, 15) is 0 Å². The van der Waals surface area contributed by atoms with E-state index in [2.05, 4.69) is 37.4 Å². The van der Waals surface area contributed by atoms with Crippen molar-refractivity contribution >= 4 is 28.9 Å². The SMILES string of the molecule is CN(CCc1cccs1)c1nc(Cl)nc(-n2ccnc2)n1. The number of aromatic nitrogens is 5. The van der Waals surface area contributed by atoms with Crippen LogP contribution in [0, 0.1) is 0 Å². The number of anilines is 1. The molecule has 8 heteroatoms. The van der Waals surface area contributed by atoms with Crippen molar-refractivity contribution in [3.8, 4) is 5.95 Å². The molecule has 3 rings (SSSR count). The quantitative estimate of drug-likeness (QED) is 0.722. The molecule has 6 nitrogen and oxygen atoms in total. The van der Waals surface area contributed by atoms with Crippen molar-refractivity contribution in [2.75, 3.05) is 18.5 Å². The van der Waals surface area contributed by atoms with Crippen molar-refractivity contribution in [3.05, 3.63) is 46.4 Å². The second-order valence-corrected chi connectivity index (χ2v) is 5.80. The maximum absolute atomic E-state index is 5.99. The molecule has 0 spiro atoms. The summed E-state index contributed by atoms with van der Waals surface area (Å²) in [6.07, 6.45) is 6.00. The first kappa shape index (κ1) is 14.0. The number of rotatable bonds is 5. The summed E-state index contributed by atoms with van der Waals surface area (Å²) in [6, 6.07) is 4.17. The second kappa shape index (κ2) is 6.19. The molecule has 0 aliphatic carbocycles. The molecule has 0 unspecified atom stereocenters. The van der Waals surface area contributed by atoms with Crippen LogP contribution in [-0.2, 0) is 6.42 Å². The predicted molar refractivity (Wildman–Crippen MR) is 83.3 cm³/mol. The second-order valence-electron chi connectivity index (χ2n) is 4.43. The molecule has 0 N–H and O–H groups in total. The van der Waals surface area contributed by atoms with Crippen LogP contribution in [-0.4, -0.2) is 38.1 Å². The van der Waals surface area contributed by atoms with Crippen LogP contribution in [0.2, 0.25) is 5.28 Å². The molecule has 108 valence electrons. The topological polar surface area (TPSA) is 59.7 Å². The van der Waals surface area contributed by atoms with Gasteiger partial charge < -0.3 is 4.90 Å². The van der Waals surface area contributed by atoms with Crippen LogP contribution in [0.25, 0.3) is 5.95 Å². The van der Waals surface area contributed by atoms with Crippen LogP contribution in [0.15, 0.2) is 36.2 Å². The van der Waals surface area contributed by atoms with Crippen molar-refractivity contribution < 1.29 is 0 Å². The third kappa shape index (κ3) is 3.37. The normalized spacial score (nSPS) is 10.8. The number of hydrogen-bond acceptors (Lipinski definition) is 6. The van der Waals surface area contributed by atoms with Gasteiger partial charge in [0.05, 0.1) is 0 Å². The highest BCUT2D eigenvalue weighted by molar-refractivity contribution is 7.09. The summed E-state index contributed by atoms with van der Waals surface area (Å²) in [4.78, 5) is 20.0. The van der Waals surface area contributed by atoms with Gasteiger partial charge in [-0.2, -0.15) is 15.0 Å². The molecular formula is C13H13ClN6S. The number of hydrogen-bond donors (Lipinski definition) is 0. The molecule has 3 aromatic rings. The summed E-state index contributed by atoms with van der Waals surface area (Å²) in [6.45, 7) is 0.810. The van der Waals surface area contributed by atoms with E-state index in [1.807, 2.05) is 11.9 Å². The van der Waals surface area contributed by atoms with Crippen LogP contribution < -0.4 is 4.90 Å². The van der Waals surface area contributed by atoms with Gasteiger partial charge in [-0.25, -0.2) is 4.98 Å². The average Bonchev–Trinajstić information content (AvgIpc) is 3.17. The molecule has 0 atom stereocenters. The van der Waals surface area contributed by atoms with Crippen molar-refractivity contribution in [1.29, 1.82) is 0 Å². The smallest absolute Gasteiger partial charge is 0.241 e. The van der Waals surface area contributed by atoms with E-state index in [0.29, 0.717) is 11.9 Å². The van der Waals surface area contributed by atoms with Gasteiger partial charge in [0.25, 0.3) is 0 Å². The van der Waals surface area contributed by atoms with Crippen molar-refractivity contribution in [1.82, 2.24) is 24.5 Å². The monoisotopic (exact) mass is 320 g/mol. The lowest BCUT2D eigenvalue weighted by molar-refractivity contribution is 0.812. The van der Waals surface area contributed by atoms with Gasteiger partial charge in [-0.15, -0.1) is 11.3 Å². The molecule has 0 fully saturated rings. The van der Waals surface area contributed by atoms with Gasteiger partial charge in [0, 0.05) is 30.9 Å². The minimum atomic E-state index is 0.173. The van der Waals surface area contributed by atoms with Gasteiger partial charge in [-0.3, -0.25) is 4.57 Å². The Kier molecular flexibility index (Phi) is 4.12. The number of halogens is 1. The number of imidazole rings is 1. The average molecular weight is 321 g/mol. The summed E-state index contributed by atoms with van der Waals surface area (Å²) < 4.78 is 1.70. The Bertz CT molecular complexity index is 698. The van der Waals surface area contributed by atoms with E-state index < -0.39 is 0 Å². The first-order valence-electron chi connectivity index (χ1n) is 6.36. The van der Waals surface area contributed by atoms with Crippen LogP contribution in [0.4, 0.5) is 5.95 Å². The van der Waals surface area contributed by atoms with Crippen LogP contribution >= 0.6 is 22.9 Å². The Morgan fingerprint density at radius 1 is 1.33 bits per heavy atom. The molecule has 0 aliphatic rings. The highest BCUT2D eigenvalue weighted by atomic mass is 35.5. The van der Waals surface area contributed by atoms with E-state index >= 15 is 0 Å². The molecule has 3 aromatic heterocycles. The van der Waals surface area contributed by atoms with Crippen molar-refractivity contribution in [3.63, 3.8) is 0 Å².